The third kappa shape index (κ3) is 3.45. The molecule has 1 aliphatic heterocycles. The van der Waals surface area contributed by atoms with Gasteiger partial charge in [0.05, 0.1) is 10.5 Å². The third-order valence-electron chi connectivity index (χ3n) is 3.56. The Morgan fingerprint density at radius 1 is 1.40 bits per heavy atom. The number of alkyl halides is 3. The van der Waals surface area contributed by atoms with Crippen LogP contribution in [0.4, 0.5) is 13.2 Å². The number of nitrogens with zero attached hydrogens (tertiary/aromatic N) is 1. The molecule has 0 radical (unpaired) electrons. The molecule has 1 aliphatic rings. The number of hydrogen-bond acceptors (Lipinski definition) is 5. The number of piperidine rings is 1. The minimum atomic E-state index is -4.71. The molecule has 0 aliphatic carbocycles. The summed E-state index contributed by atoms with van der Waals surface area (Å²) in [5.74, 6) is -1.86. The lowest BCUT2D eigenvalue weighted by Crippen LogP contribution is -2.52. The number of hydrogen-bond donors (Lipinski definition) is 2. The molecule has 25 heavy (non-hydrogen) atoms. The van der Waals surface area contributed by atoms with Crippen LogP contribution in [0.5, 0.6) is 0 Å². The van der Waals surface area contributed by atoms with Crippen LogP contribution in [0, 0.1) is 0 Å². The molecule has 3 rings (SSSR count). The molecule has 1 fully saturated rings. The number of nitrogens with one attached hydrogen (secondary N) is 2. The molecule has 0 saturated carbocycles. The molecule has 3 amide bonds. The predicted molar refractivity (Wildman–Crippen MR) is 83.3 cm³/mol. The Labute approximate surface area is 147 Å². The van der Waals surface area contributed by atoms with E-state index in [4.69, 9.17) is 11.6 Å². The topological polar surface area (TPSA) is 88.2 Å². The Hall–Kier alpha value is -2.20. The highest BCUT2D eigenvalue weighted by molar-refractivity contribution is 7.13. The van der Waals surface area contributed by atoms with Gasteiger partial charge in [0.1, 0.15) is 16.6 Å². The lowest BCUT2D eigenvalue weighted by molar-refractivity contribution is -0.141. The lowest BCUT2D eigenvalue weighted by atomic mass is 10.1. The van der Waals surface area contributed by atoms with Gasteiger partial charge in [-0.1, -0.05) is 11.6 Å². The molecule has 132 valence electrons. The van der Waals surface area contributed by atoms with E-state index in [0.717, 1.165) is 11.3 Å². The summed E-state index contributed by atoms with van der Waals surface area (Å²) in [6.45, 7) is 0. The van der Waals surface area contributed by atoms with Gasteiger partial charge in [0.2, 0.25) is 11.8 Å². The fourth-order valence-electron chi connectivity index (χ4n) is 2.34. The molecule has 0 aromatic carbocycles. The Kier molecular flexibility index (Phi) is 4.41. The first-order valence-electron chi connectivity index (χ1n) is 6.96. The number of halogens is 4. The summed E-state index contributed by atoms with van der Waals surface area (Å²) < 4.78 is 38.7. The second-order valence-electron chi connectivity index (χ2n) is 5.29. The predicted octanol–water partition coefficient (Wildman–Crippen LogP) is 2.50. The van der Waals surface area contributed by atoms with E-state index < -0.39 is 35.6 Å². The van der Waals surface area contributed by atoms with Crippen molar-refractivity contribution in [2.24, 2.45) is 0 Å². The summed E-state index contributed by atoms with van der Waals surface area (Å²) in [5.41, 5.74) is -1.40. The first kappa shape index (κ1) is 17.6. The van der Waals surface area contributed by atoms with Gasteiger partial charge in [0.25, 0.3) is 5.91 Å². The van der Waals surface area contributed by atoms with Crippen LogP contribution < -0.4 is 10.6 Å². The smallest absolute Gasteiger partial charge is 0.339 e. The van der Waals surface area contributed by atoms with Crippen molar-refractivity contribution in [3.63, 3.8) is 0 Å². The summed E-state index contributed by atoms with van der Waals surface area (Å²) in [4.78, 5) is 38.6. The highest BCUT2D eigenvalue weighted by Crippen LogP contribution is 2.36. The molecule has 2 aromatic heterocycles. The fourth-order valence-corrected chi connectivity index (χ4v) is 3.56. The van der Waals surface area contributed by atoms with Crippen molar-refractivity contribution in [3.8, 4) is 0 Å². The Morgan fingerprint density at radius 2 is 2.12 bits per heavy atom. The summed E-state index contributed by atoms with van der Waals surface area (Å²) >= 11 is 6.72. The van der Waals surface area contributed by atoms with Gasteiger partial charge < -0.3 is 5.32 Å². The number of carbonyl (C=O) groups is 3. The maximum absolute atomic E-state index is 12.9. The molecule has 11 heteroatoms. The Morgan fingerprint density at radius 3 is 2.76 bits per heavy atom. The van der Waals surface area contributed by atoms with Crippen LogP contribution in [0.15, 0.2) is 11.4 Å². The van der Waals surface area contributed by atoms with Crippen LogP contribution in [0.2, 0.25) is 5.02 Å². The standard InChI is InChI=1S/C14H9ClF3N3O3S/c15-6-3-8(14(16,17)18)20-10-5(6)4-25-11(10)13(24)19-7-1-2-9(22)21-12(7)23/h3-4,7H,1-2H2,(H,19,24)(H,21,22,23). The van der Waals surface area contributed by atoms with Crippen LogP contribution in [-0.4, -0.2) is 28.7 Å². The summed E-state index contributed by atoms with van der Waals surface area (Å²) in [6, 6.07) is -0.248. The minimum Gasteiger partial charge on any atom is -0.339 e. The van der Waals surface area contributed by atoms with Crippen molar-refractivity contribution in [1.82, 2.24) is 15.6 Å². The molecule has 3 heterocycles. The summed E-state index contributed by atoms with van der Waals surface area (Å²) in [6.07, 6.45) is -4.54. The van der Waals surface area contributed by atoms with E-state index in [1.54, 1.807) is 0 Å². The zero-order chi connectivity index (χ0) is 18.4. The van der Waals surface area contributed by atoms with E-state index >= 15 is 0 Å². The van der Waals surface area contributed by atoms with E-state index in [1.807, 2.05) is 0 Å². The van der Waals surface area contributed by atoms with Crippen molar-refractivity contribution >= 4 is 51.6 Å². The quantitative estimate of drug-likeness (QED) is 0.770. The van der Waals surface area contributed by atoms with E-state index in [0.29, 0.717) is 6.07 Å². The van der Waals surface area contributed by atoms with Crippen molar-refractivity contribution in [2.45, 2.75) is 25.1 Å². The second kappa shape index (κ2) is 6.26. The number of aromatic nitrogens is 1. The number of pyridine rings is 1. The molecule has 1 atom stereocenters. The van der Waals surface area contributed by atoms with Gasteiger partial charge in [0, 0.05) is 17.2 Å². The first-order chi connectivity index (χ1) is 11.7. The monoisotopic (exact) mass is 391 g/mol. The van der Waals surface area contributed by atoms with Gasteiger partial charge in [-0.3, -0.25) is 19.7 Å². The molecular formula is C14H9ClF3N3O3S. The number of rotatable bonds is 2. The molecule has 2 aromatic rings. The van der Waals surface area contributed by atoms with Crippen LogP contribution in [0.1, 0.15) is 28.2 Å². The van der Waals surface area contributed by atoms with Gasteiger partial charge in [-0.15, -0.1) is 11.3 Å². The molecule has 0 spiro atoms. The van der Waals surface area contributed by atoms with Crippen molar-refractivity contribution < 1.29 is 27.6 Å². The summed E-state index contributed by atoms with van der Waals surface area (Å²) in [5, 5.41) is 5.95. The van der Waals surface area contributed by atoms with E-state index in [-0.39, 0.29) is 33.6 Å². The SMILES string of the molecule is O=C1CCC(NC(=O)c2scc3c(Cl)cc(C(F)(F)F)nc23)C(=O)N1. The first-order valence-corrected chi connectivity index (χ1v) is 8.22. The van der Waals surface area contributed by atoms with Crippen molar-refractivity contribution in [3.05, 3.63) is 27.0 Å². The van der Waals surface area contributed by atoms with Gasteiger partial charge in [0.15, 0.2) is 0 Å². The lowest BCUT2D eigenvalue weighted by Gasteiger charge is -2.21. The van der Waals surface area contributed by atoms with Gasteiger partial charge in [-0.2, -0.15) is 13.2 Å². The average Bonchev–Trinajstić information content (AvgIpc) is 2.93. The summed E-state index contributed by atoms with van der Waals surface area (Å²) in [7, 11) is 0. The minimum absolute atomic E-state index is 0.0597. The highest BCUT2D eigenvalue weighted by Gasteiger charge is 2.34. The molecule has 0 bridgehead atoms. The molecule has 6 nitrogen and oxygen atoms in total. The van der Waals surface area contributed by atoms with E-state index in [2.05, 4.69) is 15.6 Å². The van der Waals surface area contributed by atoms with Crippen molar-refractivity contribution in [1.29, 1.82) is 0 Å². The molecule has 1 saturated heterocycles. The van der Waals surface area contributed by atoms with Crippen molar-refractivity contribution in [2.75, 3.05) is 0 Å². The van der Waals surface area contributed by atoms with E-state index in [9.17, 15) is 27.6 Å². The second-order valence-corrected chi connectivity index (χ2v) is 6.58. The average molecular weight is 392 g/mol. The molecular weight excluding hydrogens is 383 g/mol. The number of fused-ring (bicyclic) bond motifs is 1. The number of imide groups is 1. The molecule has 1 unspecified atom stereocenters. The van der Waals surface area contributed by atoms with Gasteiger partial charge >= 0.3 is 6.18 Å². The number of thiophene rings is 1. The van der Waals surface area contributed by atoms with Crippen LogP contribution in [0.3, 0.4) is 0 Å². The van der Waals surface area contributed by atoms with Gasteiger partial charge in [-0.05, 0) is 12.5 Å². The van der Waals surface area contributed by atoms with Crippen LogP contribution >= 0.6 is 22.9 Å². The normalized spacial score (nSPS) is 18.3. The zero-order valence-corrected chi connectivity index (χ0v) is 13.8. The van der Waals surface area contributed by atoms with E-state index in [1.165, 1.54) is 5.38 Å². The number of carbonyl (C=O) groups excluding carboxylic acids is 3. The fraction of sp³-hybridized carbons (Fsp3) is 0.286. The Bertz CT molecular complexity index is 897. The number of amides is 3. The zero-order valence-electron chi connectivity index (χ0n) is 12.2. The highest BCUT2D eigenvalue weighted by atomic mass is 35.5. The van der Waals surface area contributed by atoms with Crippen LogP contribution in [0.25, 0.3) is 10.9 Å². The largest absolute Gasteiger partial charge is 0.433 e. The third-order valence-corrected chi connectivity index (χ3v) is 4.84. The maximum atomic E-state index is 12.9. The molecule has 2 N–H and O–H groups in total. The van der Waals surface area contributed by atoms with Gasteiger partial charge in [-0.25, -0.2) is 4.98 Å². The Balaban J connectivity index is 1.93. The van der Waals surface area contributed by atoms with Crippen LogP contribution in [-0.2, 0) is 15.8 Å². The maximum Gasteiger partial charge on any atom is 0.433 e.